The summed E-state index contributed by atoms with van der Waals surface area (Å²) < 4.78 is 11.2. The van der Waals surface area contributed by atoms with E-state index in [1.807, 2.05) is 6.07 Å². The Morgan fingerprint density at radius 2 is 2.35 bits per heavy atom. The van der Waals surface area contributed by atoms with Crippen LogP contribution in [0.5, 0.6) is 5.75 Å². The molecule has 1 heterocycles. The maximum Gasteiger partial charge on any atom is 0.121 e. The van der Waals surface area contributed by atoms with Crippen molar-refractivity contribution in [3.63, 3.8) is 0 Å². The smallest absolute Gasteiger partial charge is 0.121 e. The maximum absolute atomic E-state index is 8.75. The Morgan fingerprint density at radius 1 is 1.47 bits per heavy atom. The predicted octanol–water partition coefficient (Wildman–Crippen LogP) is 2.09. The van der Waals surface area contributed by atoms with Crippen molar-refractivity contribution in [3.8, 4) is 11.8 Å². The second-order valence-electron chi connectivity index (χ2n) is 4.16. The van der Waals surface area contributed by atoms with E-state index in [4.69, 9.17) is 20.5 Å². The highest BCUT2D eigenvalue weighted by molar-refractivity contribution is 5.56. The number of anilines is 1. The Labute approximate surface area is 101 Å². The number of nitrogen functional groups attached to an aromatic ring is 1. The molecule has 1 fully saturated rings. The molecule has 90 valence electrons. The van der Waals surface area contributed by atoms with Gasteiger partial charge in [-0.15, -0.1) is 0 Å². The number of rotatable bonds is 3. The zero-order valence-electron chi connectivity index (χ0n) is 9.69. The van der Waals surface area contributed by atoms with E-state index in [2.05, 4.69) is 0 Å². The van der Waals surface area contributed by atoms with Gasteiger partial charge in [0.05, 0.1) is 17.4 Å². The minimum absolute atomic E-state index is 0.181. The van der Waals surface area contributed by atoms with Crippen LogP contribution in [0.15, 0.2) is 18.2 Å². The first-order chi connectivity index (χ1) is 8.29. The van der Waals surface area contributed by atoms with E-state index < -0.39 is 0 Å². The predicted molar refractivity (Wildman–Crippen MR) is 64.7 cm³/mol. The molecule has 0 bridgehead atoms. The second-order valence-corrected chi connectivity index (χ2v) is 4.16. The van der Waals surface area contributed by atoms with Crippen LogP contribution >= 0.6 is 0 Å². The van der Waals surface area contributed by atoms with Gasteiger partial charge in [0.2, 0.25) is 0 Å². The van der Waals surface area contributed by atoms with Crippen LogP contribution in [-0.2, 0) is 4.74 Å². The van der Waals surface area contributed by atoms with Crippen molar-refractivity contribution >= 4 is 5.69 Å². The monoisotopic (exact) mass is 232 g/mol. The molecule has 1 aliphatic rings. The number of benzene rings is 1. The van der Waals surface area contributed by atoms with Crippen molar-refractivity contribution < 1.29 is 9.47 Å². The van der Waals surface area contributed by atoms with E-state index >= 15 is 0 Å². The summed E-state index contributed by atoms with van der Waals surface area (Å²) in [5.74, 6) is 0.690. The fraction of sp³-hybridized carbons (Fsp3) is 0.462. The number of nitriles is 1. The summed E-state index contributed by atoms with van der Waals surface area (Å²) in [5.41, 5.74) is 6.64. The van der Waals surface area contributed by atoms with Gasteiger partial charge in [-0.25, -0.2) is 0 Å². The van der Waals surface area contributed by atoms with Crippen LogP contribution in [0.4, 0.5) is 5.69 Å². The number of hydrogen-bond acceptors (Lipinski definition) is 4. The number of hydrogen-bond donors (Lipinski definition) is 1. The van der Waals surface area contributed by atoms with Gasteiger partial charge in [0.1, 0.15) is 18.4 Å². The van der Waals surface area contributed by atoms with Crippen LogP contribution < -0.4 is 10.5 Å². The second kappa shape index (κ2) is 5.55. The lowest BCUT2D eigenvalue weighted by Crippen LogP contribution is -2.25. The largest absolute Gasteiger partial charge is 0.491 e. The molecule has 1 aromatic carbocycles. The molecule has 1 atom stereocenters. The van der Waals surface area contributed by atoms with Gasteiger partial charge >= 0.3 is 0 Å². The lowest BCUT2D eigenvalue weighted by molar-refractivity contribution is -0.0110. The Hall–Kier alpha value is -1.73. The fourth-order valence-corrected chi connectivity index (χ4v) is 1.86. The zero-order valence-corrected chi connectivity index (χ0v) is 9.69. The molecule has 1 unspecified atom stereocenters. The van der Waals surface area contributed by atoms with Crippen molar-refractivity contribution in [1.82, 2.24) is 0 Å². The Morgan fingerprint density at radius 3 is 3.00 bits per heavy atom. The molecule has 1 aliphatic heterocycles. The Balaban J connectivity index is 1.90. The molecule has 0 saturated carbocycles. The van der Waals surface area contributed by atoms with Gasteiger partial charge in [-0.1, -0.05) is 0 Å². The molecule has 4 heteroatoms. The summed E-state index contributed by atoms with van der Waals surface area (Å²) in [6.45, 7) is 1.37. The zero-order chi connectivity index (χ0) is 12.1. The minimum Gasteiger partial charge on any atom is -0.491 e. The van der Waals surface area contributed by atoms with Crippen molar-refractivity contribution in [2.45, 2.75) is 25.4 Å². The first-order valence-corrected chi connectivity index (χ1v) is 5.83. The molecule has 2 rings (SSSR count). The number of nitrogens with two attached hydrogens (primary N) is 1. The highest BCUT2D eigenvalue weighted by atomic mass is 16.5. The molecular weight excluding hydrogens is 216 g/mol. The average Bonchev–Trinajstić information content (AvgIpc) is 2.38. The van der Waals surface area contributed by atoms with E-state index in [-0.39, 0.29) is 6.10 Å². The standard InChI is InChI=1S/C13H16N2O2/c14-8-10-4-5-11(7-13(10)15)17-9-12-3-1-2-6-16-12/h4-5,7,12H,1-3,6,9,15H2. The molecule has 0 amide bonds. The lowest BCUT2D eigenvalue weighted by Gasteiger charge is -2.22. The summed E-state index contributed by atoms with van der Waals surface area (Å²) >= 11 is 0. The molecule has 0 radical (unpaired) electrons. The molecule has 1 saturated heterocycles. The SMILES string of the molecule is N#Cc1ccc(OCC2CCCCO2)cc1N. The van der Waals surface area contributed by atoms with Crippen molar-refractivity contribution in [1.29, 1.82) is 5.26 Å². The number of nitrogens with zero attached hydrogens (tertiary/aromatic N) is 1. The van der Waals surface area contributed by atoms with E-state index in [0.717, 1.165) is 19.4 Å². The van der Waals surface area contributed by atoms with Crippen LogP contribution in [0.3, 0.4) is 0 Å². The molecule has 0 spiro atoms. The minimum atomic E-state index is 0.181. The topological polar surface area (TPSA) is 68.3 Å². The van der Waals surface area contributed by atoms with E-state index in [1.54, 1.807) is 18.2 Å². The van der Waals surface area contributed by atoms with Gasteiger partial charge < -0.3 is 15.2 Å². The third-order valence-corrected chi connectivity index (χ3v) is 2.85. The Kier molecular flexibility index (Phi) is 3.84. The summed E-state index contributed by atoms with van der Waals surface area (Å²) in [5, 5.41) is 8.75. The summed E-state index contributed by atoms with van der Waals surface area (Å²) in [6, 6.07) is 7.14. The van der Waals surface area contributed by atoms with Gasteiger partial charge in [-0.2, -0.15) is 5.26 Å². The van der Waals surface area contributed by atoms with Crippen LogP contribution in [0.25, 0.3) is 0 Å². The van der Waals surface area contributed by atoms with Crippen molar-refractivity contribution in [3.05, 3.63) is 23.8 Å². The Bertz CT molecular complexity index is 420. The van der Waals surface area contributed by atoms with E-state index in [0.29, 0.717) is 23.6 Å². The molecular formula is C13H16N2O2. The van der Waals surface area contributed by atoms with Gasteiger partial charge in [0, 0.05) is 12.7 Å². The van der Waals surface area contributed by atoms with Crippen LogP contribution in [0, 0.1) is 11.3 Å². The average molecular weight is 232 g/mol. The first kappa shape index (κ1) is 11.7. The quantitative estimate of drug-likeness (QED) is 0.810. The fourth-order valence-electron chi connectivity index (χ4n) is 1.86. The van der Waals surface area contributed by atoms with Crippen molar-refractivity contribution in [2.75, 3.05) is 18.9 Å². The molecule has 17 heavy (non-hydrogen) atoms. The summed E-state index contributed by atoms with van der Waals surface area (Å²) in [6.07, 6.45) is 3.57. The van der Waals surface area contributed by atoms with Gasteiger partial charge in [-0.3, -0.25) is 0 Å². The summed E-state index contributed by atoms with van der Waals surface area (Å²) in [4.78, 5) is 0. The molecule has 4 nitrogen and oxygen atoms in total. The molecule has 0 aromatic heterocycles. The van der Waals surface area contributed by atoms with Gasteiger partial charge in [0.15, 0.2) is 0 Å². The highest BCUT2D eigenvalue weighted by Gasteiger charge is 2.14. The van der Waals surface area contributed by atoms with Crippen molar-refractivity contribution in [2.24, 2.45) is 0 Å². The van der Waals surface area contributed by atoms with Gasteiger partial charge in [-0.05, 0) is 31.4 Å². The first-order valence-electron chi connectivity index (χ1n) is 5.83. The molecule has 1 aromatic rings. The summed E-state index contributed by atoms with van der Waals surface area (Å²) in [7, 11) is 0. The third-order valence-electron chi connectivity index (χ3n) is 2.85. The highest BCUT2D eigenvalue weighted by Crippen LogP contribution is 2.20. The van der Waals surface area contributed by atoms with E-state index in [1.165, 1.54) is 6.42 Å². The van der Waals surface area contributed by atoms with Crippen LogP contribution in [0.2, 0.25) is 0 Å². The maximum atomic E-state index is 8.75. The van der Waals surface area contributed by atoms with E-state index in [9.17, 15) is 0 Å². The lowest BCUT2D eigenvalue weighted by atomic mass is 10.1. The normalized spacial score (nSPS) is 19.6. The number of ether oxygens (including phenoxy) is 2. The van der Waals surface area contributed by atoms with Crippen LogP contribution in [-0.4, -0.2) is 19.3 Å². The molecule has 0 aliphatic carbocycles. The van der Waals surface area contributed by atoms with Gasteiger partial charge in [0.25, 0.3) is 0 Å². The molecule has 2 N–H and O–H groups in total. The van der Waals surface area contributed by atoms with Crippen LogP contribution in [0.1, 0.15) is 24.8 Å². The third kappa shape index (κ3) is 3.11.